The lowest BCUT2D eigenvalue weighted by atomic mass is 10.1. The highest BCUT2D eigenvalue weighted by molar-refractivity contribution is 6.31. The van der Waals surface area contributed by atoms with Crippen LogP contribution in [0.25, 0.3) is 6.08 Å². The molecule has 1 aliphatic heterocycles. The van der Waals surface area contributed by atoms with Crippen LogP contribution < -0.4 is 10.2 Å². The van der Waals surface area contributed by atoms with E-state index in [2.05, 4.69) is 16.3 Å². The van der Waals surface area contributed by atoms with Gasteiger partial charge in [-0.2, -0.15) is 10.5 Å². The van der Waals surface area contributed by atoms with Gasteiger partial charge in [0.2, 0.25) is 0 Å². The lowest BCUT2D eigenvalue weighted by Crippen LogP contribution is -2.36. The van der Waals surface area contributed by atoms with Gasteiger partial charge in [0.15, 0.2) is 0 Å². The molecule has 1 aromatic heterocycles. The van der Waals surface area contributed by atoms with Crippen LogP contribution in [0.1, 0.15) is 17.0 Å². The van der Waals surface area contributed by atoms with Crippen molar-refractivity contribution in [3.8, 4) is 12.1 Å². The molecule has 0 aliphatic carbocycles. The number of halogens is 1. The van der Waals surface area contributed by atoms with Crippen molar-refractivity contribution in [2.75, 3.05) is 36.5 Å². The van der Waals surface area contributed by atoms with E-state index >= 15 is 0 Å². The molecular weight excluding hydrogens is 390 g/mol. The van der Waals surface area contributed by atoms with E-state index in [4.69, 9.17) is 16.3 Å². The summed E-state index contributed by atoms with van der Waals surface area (Å²) >= 11 is 6.13. The average Bonchev–Trinajstić information content (AvgIpc) is 3.00. The lowest BCUT2D eigenvalue weighted by Gasteiger charge is -2.30. The molecule has 0 radical (unpaired) electrons. The van der Waals surface area contributed by atoms with Crippen molar-refractivity contribution in [3.63, 3.8) is 0 Å². The van der Waals surface area contributed by atoms with Crippen LogP contribution in [0.4, 0.5) is 11.4 Å². The number of nitriles is 2. The Hall–Kier alpha value is -3.26. The molecule has 2 heterocycles. The number of carbonyl (C=O) groups excluding carboxylic acids is 1. The second kappa shape index (κ2) is 8.83. The predicted octanol–water partition coefficient (Wildman–Crippen LogP) is 3.24. The van der Waals surface area contributed by atoms with Gasteiger partial charge in [0, 0.05) is 30.9 Å². The number of nitrogens with one attached hydrogen (secondary N) is 1. The molecule has 0 spiro atoms. The van der Waals surface area contributed by atoms with Crippen molar-refractivity contribution < 1.29 is 9.53 Å². The molecule has 7 nitrogen and oxygen atoms in total. The molecule has 2 aromatic rings. The first-order chi connectivity index (χ1) is 13.9. The summed E-state index contributed by atoms with van der Waals surface area (Å²) in [6.07, 6.45) is 1.49. The lowest BCUT2D eigenvalue weighted by molar-refractivity contribution is -0.112. The summed E-state index contributed by atoms with van der Waals surface area (Å²) in [7, 11) is 1.76. The minimum Gasteiger partial charge on any atom is -0.378 e. The summed E-state index contributed by atoms with van der Waals surface area (Å²) in [5, 5.41) is 22.0. The van der Waals surface area contributed by atoms with E-state index in [0.717, 1.165) is 11.4 Å². The topological polar surface area (TPSA) is 94.1 Å². The molecule has 1 aromatic carbocycles. The van der Waals surface area contributed by atoms with E-state index in [0.29, 0.717) is 48.3 Å². The molecular formula is C21H20ClN5O2. The standard InChI is InChI=1S/C21H20ClN5O2/c1-14-15(10-18(13-24)26(14)2)9-16(12-23)21(28)25-19-11-17(22)3-4-20(19)27-5-7-29-8-6-27/h3-4,9-11H,5-8H2,1-2H3,(H,25,28)/b16-9+. The van der Waals surface area contributed by atoms with Crippen LogP contribution in [0, 0.1) is 29.6 Å². The third kappa shape index (κ3) is 4.43. The van der Waals surface area contributed by atoms with Crippen molar-refractivity contribution in [2.45, 2.75) is 6.92 Å². The summed E-state index contributed by atoms with van der Waals surface area (Å²) in [6.45, 7) is 4.44. The average molecular weight is 410 g/mol. The Bertz CT molecular complexity index is 1050. The van der Waals surface area contributed by atoms with Gasteiger partial charge in [-0.1, -0.05) is 11.6 Å². The SMILES string of the molecule is Cc1c(/C=C(\C#N)C(=O)Nc2cc(Cl)ccc2N2CCOCC2)cc(C#N)n1C. The van der Waals surface area contributed by atoms with Crippen LogP contribution in [0.2, 0.25) is 5.02 Å². The molecule has 1 N–H and O–H groups in total. The normalized spacial score (nSPS) is 14.2. The van der Waals surface area contributed by atoms with Crippen LogP contribution in [0.3, 0.4) is 0 Å². The number of ether oxygens (including phenoxy) is 1. The van der Waals surface area contributed by atoms with Gasteiger partial charge in [-0.25, -0.2) is 0 Å². The molecule has 1 amide bonds. The number of amides is 1. The number of carbonyl (C=O) groups is 1. The summed E-state index contributed by atoms with van der Waals surface area (Å²) < 4.78 is 7.10. The summed E-state index contributed by atoms with van der Waals surface area (Å²) in [5.74, 6) is -0.536. The molecule has 3 rings (SSSR count). The maximum Gasteiger partial charge on any atom is 0.266 e. The van der Waals surface area contributed by atoms with E-state index in [-0.39, 0.29) is 5.57 Å². The van der Waals surface area contributed by atoms with Crippen molar-refractivity contribution in [1.29, 1.82) is 10.5 Å². The maximum atomic E-state index is 12.8. The number of anilines is 2. The Morgan fingerprint density at radius 1 is 1.28 bits per heavy atom. The first-order valence-corrected chi connectivity index (χ1v) is 9.44. The fourth-order valence-corrected chi connectivity index (χ4v) is 3.33. The van der Waals surface area contributed by atoms with E-state index in [1.165, 1.54) is 6.08 Å². The molecule has 1 fully saturated rings. The van der Waals surface area contributed by atoms with Crippen LogP contribution >= 0.6 is 11.6 Å². The number of rotatable bonds is 4. The van der Waals surface area contributed by atoms with Gasteiger partial charge in [0.25, 0.3) is 5.91 Å². The smallest absolute Gasteiger partial charge is 0.266 e. The molecule has 0 unspecified atom stereocenters. The number of hydrogen-bond donors (Lipinski definition) is 1. The zero-order chi connectivity index (χ0) is 21.0. The van der Waals surface area contributed by atoms with Gasteiger partial charge in [-0.15, -0.1) is 0 Å². The van der Waals surface area contributed by atoms with Gasteiger partial charge in [0.1, 0.15) is 23.4 Å². The number of nitrogens with zero attached hydrogens (tertiary/aromatic N) is 4. The highest BCUT2D eigenvalue weighted by Gasteiger charge is 2.19. The Morgan fingerprint density at radius 3 is 2.62 bits per heavy atom. The van der Waals surface area contributed by atoms with Crippen molar-refractivity contribution in [3.05, 3.63) is 51.8 Å². The Labute approximate surface area is 174 Å². The highest BCUT2D eigenvalue weighted by Crippen LogP contribution is 2.30. The molecule has 1 aliphatic rings. The predicted molar refractivity (Wildman–Crippen MR) is 112 cm³/mol. The Morgan fingerprint density at radius 2 is 2.00 bits per heavy atom. The largest absolute Gasteiger partial charge is 0.378 e. The van der Waals surface area contributed by atoms with E-state index in [1.54, 1.807) is 29.8 Å². The van der Waals surface area contributed by atoms with Crippen LogP contribution in [0.15, 0.2) is 29.8 Å². The molecule has 0 atom stereocenters. The van der Waals surface area contributed by atoms with Crippen LogP contribution in [0.5, 0.6) is 0 Å². The van der Waals surface area contributed by atoms with Gasteiger partial charge in [-0.05, 0) is 42.8 Å². The summed E-state index contributed by atoms with van der Waals surface area (Å²) in [6, 6.07) is 11.0. The highest BCUT2D eigenvalue weighted by atomic mass is 35.5. The van der Waals surface area contributed by atoms with Gasteiger partial charge in [-0.3, -0.25) is 4.79 Å². The fourth-order valence-electron chi connectivity index (χ4n) is 3.16. The first kappa shape index (κ1) is 20.5. The van der Waals surface area contributed by atoms with Crippen molar-refractivity contribution >= 4 is 35.0 Å². The van der Waals surface area contributed by atoms with Crippen molar-refractivity contribution in [1.82, 2.24) is 4.57 Å². The molecule has 0 saturated carbocycles. The van der Waals surface area contributed by atoms with Crippen LogP contribution in [-0.2, 0) is 16.6 Å². The van der Waals surface area contributed by atoms with Gasteiger partial charge >= 0.3 is 0 Å². The molecule has 148 valence electrons. The second-order valence-electron chi connectivity index (χ2n) is 6.63. The minimum absolute atomic E-state index is 0.0592. The second-order valence-corrected chi connectivity index (χ2v) is 7.06. The molecule has 29 heavy (non-hydrogen) atoms. The van der Waals surface area contributed by atoms with Crippen molar-refractivity contribution in [2.24, 2.45) is 7.05 Å². The third-order valence-electron chi connectivity index (χ3n) is 4.91. The monoisotopic (exact) mass is 409 g/mol. The minimum atomic E-state index is -0.536. The van der Waals surface area contributed by atoms with Gasteiger partial charge in [0.05, 0.1) is 24.6 Å². The third-order valence-corrected chi connectivity index (χ3v) is 5.15. The van der Waals surface area contributed by atoms with E-state index in [1.807, 2.05) is 19.1 Å². The number of hydrogen-bond acceptors (Lipinski definition) is 5. The molecule has 8 heteroatoms. The number of aromatic nitrogens is 1. The zero-order valence-electron chi connectivity index (χ0n) is 16.2. The number of morpholine rings is 1. The summed E-state index contributed by atoms with van der Waals surface area (Å²) in [4.78, 5) is 14.9. The quantitative estimate of drug-likeness (QED) is 0.618. The summed E-state index contributed by atoms with van der Waals surface area (Å²) in [5.41, 5.74) is 3.19. The Balaban J connectivity index is 1.90. The molecule has 0 bridgehead atoms. The fraction of sp³-hybridized carbons (Fsp3) is 0.286. The first-order valence-electron chi connectivity index (χ1n) is 9.06. The number of benzene rings is 1. The van der Waals surface area contributed by atoms with Gasteiger partial charge < -0.3 is 19.5 Å². The van der Waals surface area contributed by atoms with E-state index < -0.39 is 5.91 Å². The Kier molecular flexibility index (Phi) is 6.23. The molecule has 1 saturated heterocycles. The maximum absolute atomic E-state index is 12.8. The zero-order valence-corrected chi connectivity index (χ0v) is 17.0. The van der Waals surface area contributed by atoms with Crippen LogP contribution in [-0.4, -0.2) is 36.8 Å². The van der Waals surface area contributed by atoms with E-state index in [9.17, 15) is 15.3 Å².